The molecule has 1 heteroatoms. The average Bonchev–Trinajstić information content (AvgIpc) is 2.00. The van der Waals surface area contributed by atoms with Crippen LogP contribution in [0.4, 0.5) is 0 Å². The Morgan fingerprint density at radius 2 is 1.70 bits per heavy atom. The lowest BCUT2D eigenvalue weighted by Crippen LogP contribution is -2.21. The molecule has 0 aromatic heterocycles. The van der Waals surface area contributed by atoms with E-state index in [2.05, 4.69) is 20.8 Å². The van der Waals surface area contributed by atoms with Gasteiger partial charge in [-0.15, -0.1) is 0 Å². The number of hydrogen-bond donors (Lipinski definition) is 0. The van der Waals surface area contributed by atoms with Crippen LogP contribution < -0.4 is 0 Å². The average molecular weight is 143 g/mol. The zero-order valence-corrected chi connectivity index (χ0v) is 7.44. The Labute approximate surface area is 64.8 Å². The van der Waals surface area contributed by atoms with Crippen molar-refractivity contribution in [1.82, 2.24) is 0 Å². The lowest BCUT2D eigenvalue weighted by Gasteiger charge is -2.25. The van der Waals surface area contributed by atoms with Gasteiger partial charge >= 0.3 is 0 Å². The molecule has 0 rings (SSSR count). The SMILES string of the molecule is [CH2]C(CC)(CC)COCC. The summed E-state index contributed by atoms with van der Waals surface area (Å²) in [5.74, 6) is 0. The van der Waals surface area contributed by atoms with E-state index in [1.54, 1.807) is 0 Å². The van der Waals surface area contributed by atoms with E-state index in [-0.39, 0.29) is 5.41 Å². The zero-order valence-electron chi connectivity index (χ0n) is 7.44. The van der Waals surface area contributed by atoms with Crippen LogP contribution in [0.2, 0.25) is 0 Å². The van der Waals surface area contributed by atoms with Crippen LogP contribution in [0.25, 0.3) is 0 Å². The van der Waals surface area contributed by atoms with Gasteiger partial charge in [-0.05, 0) is 32.1 Å². The molecular formula is C9H19O. The minimum atomic E-state index is 0.163. The van der Waals surface area contributed by atoms with Crippen molar-refractivity contribution in [3.63, 3.8) is 0 Å². The van der Waals surface area contributed by atoms with Crippen LogP contribution >= 0.6 is 0 Å². The van der Waals surface area contributed by atoms with E-state index in [4.69, 9.17) is 4.74 Å². The topological polar surface area (TPSA) is 9.23 Å². The van der Waals surface area contributed by atoms with Crippen LogP contribution in [-0.2, 0) is 4.74 Å². The maximum Gasteiger partial charge on any atom is 0.0522 e. The Balaban J connectivity index is 3.58. The molecule has 0 aromatic rings. The molecule has 0 unspecified atom stereocenters. The second kappa shape index (κ2) is 4.73. The first kappa shape index (κ1) is 9.96. The maximum atomic E-state index is 5.32. The highest BCUT2D eigenvalue weighted by atomic mass is 16.5. The highest BCUT2D eigenvalue weighted by Gasteiger charge is 2.18. The van der Waals surface area contributed by atoms with Gasteiger partial charge in [0.2, 0.25) is 0 Å². The summed E-state index contributed by atoms with van der Waals surface area (Å²) in [5.41, 5.74) is 0.163. The van der Waals surface area contributed by atoms with Gasteiger partial charge in [0.05, 0.1) is 6.61 Å². The second-order valence-electron chi connectivity index (χ2n) is 2.84. The number of ether oxygens (including phenoxy) is 1. The molecule has 0 spiro atoms. The highest BCUT2D eigenvalue weighted by Crippen LogP contribution is 2.24. The summed E-state index contributed by atoms with van der Waals surface area (Å²) in [4.78, 5) is 0. The molecule has 0 aliphatic carbocycles. The van der Waals surface area contributed by atoms with Crippen LogP contribution in [0.1, 0.15) is 33.6 Å². The zero-order chi connectivity index (χ0) is 8.04. The smallest absolute Gasteiger partial charge is 0.0522 e. The van der Waals surface area contributed by atoms with Gasteiger partial charge in [-0.3, -0.25) is 0 Å². The van der Waals surface area contributed by atoms with Crippen LogP contribution in [-0.4, -0.2) is 13.2 Å². The summed E-state index contributed by atoms with van der Waals surface area (Å²) in [7, 11) is 0. The summed E-state index contributed by atoms with van der Waals surface area (Å²) in [5, 5.41) is 0. The van der Waals surface area contributed by atoms with E-state index in [1.807, 2.05) is 6.92 Å². The third kappa shape index (κ3) is 3.21. The fraction of sp³-hybridized carbons (Fsp3) is 0.889. The van der Waals surface area contributed by atoms with Crippen LogP contribution in [0.5, 0.6) is 0 Å². The Bertz CT molecular complexity index is 74.8. The molecule has 0 fully saturated rings. The van der Waals surface area contributed by atoms with Gasteiger partial charge < -0.3 is 4.74 Å². The quantitative estimate of drug-likeness (QED) is 0.575. The molecule has 0 saturated heterocycles. The molecule has 0 amide bonds. The molecule has 0 saturated carbocycles. The van der Waals surface area contributed by atoms with Crippen molar-refractivity contribution in [2.45, 2.75) is 33.6 Å². The van der Waals surface area contributed by atoms with Crippen LogP contribution in [0, 0.1) is 12.3 Å². The summed E-state index contributed by atoms with van der Waals surface area (Å²) in [6.45, 7) is 12.1. The lowest BCUT2D eigenvalue weighted by atomic mass is 9.86. The van der Waals surface area contributed by atoms with Gasteiger partial charge in [0.25, 0.3) is 0 Å². The Morgan fingerprint density at radius 3 is 2.00 bits per heavy atom. The molecule has 0 aromatic carbocycles. The fourth-order valence-corrected chi connectivity index (χ4v) is 0.773. The monoisotopic (exact) mass is 143 g/mol. The van der Waals surface area contributed by atoms with E-state index >= 15 is 0 Å². The van der Waals surface area contributed by atoms with Crippen molar-refractivity contribution >= 4 is 0 Å². The van der Waals surface area contributed by atoms with E-state index in [1.165, 1.54) is 0 Å². The first-order chi connectivity index (χ1) is 4.68. The van der Waals surface area contributed by atoms with E-state index in [9.17, 15) is 0 Å². The van der Waals surface area contributed by atoms with Gasteiger partial charge in [0.1, 0.15) is 0 Å². The van der Waals surface area contributed by atoms with Gasteiger partial charge in [-0.25, -0.2) is 0 Å². The van der Waals surface area contributed by atoms with Gasteiger partial charge in [-0.1, -0.05) is 13.8 Å². The maximum absolute atomic E-state index is 5.32. The Morgan fingerprint density at radius 1 is 1.20 bits per heavy atom. The predicted molar refractivity (Wildman–Crippen MR) is 44.9 cm³/mol. The largest absolute Gasteiger partial charge is 0.381 e. The van der Waals surface area contributed by atoms with Gasteiger partial charge in [0, 0.05) is 6.61 Å². The Hall–Kier alpha value is -0.0400. The molecule has 0 bridgehead atoms. The van der Waals surface area contributed by atoms with Gasteiger partial charge in [0.15, 0.2) is 0 Å². The summed E-state index contributed by atoms with van der Waals surface area (Å²) in [6, 6.07) is 0. The molecule has 0 heterocycles. The Kier molecular flexibility index (Phi) is 4.71. The van der Waals surface area contributed by atoms with Crippen molar-refractivity contribution in [2.24, 2.45) is 5.41 Å². The summed E-state index contributed by atoms with van der Waals surface area (Å²) < 4.78 is 5.32. The first-order valence-corrected chi connectivity index (χ1v) is 4.11. The van der Waals surface area contributed by atoms with Crippen LogP contribution in [0.15, 0.2) is 0 Å². The predicted octanol–water partition coefficient (Wildman–Crippen LogP) is 2.66. The van der Waals surface area contributed by atoms with Crippen molar-refractivity contribution in [2.75, 3.05) is 13.2 Å². The number of rotatable bonds is 5. The summed E-state index contributed by atoms with van der Waals surface area (Å²) in [6.07, 6.45) is 2.20. The lowest BCUT2D eigenvalue weighted by molar-refractivity contribution is 0.0707. The molecule has 0 atom stereocenters. The molecule has 0 aliphatic heterocycles. The van der Waals surface area contributed by atoms with Gasteiger partial charge in [-0.2, -0.15) is 0 Å². The molecule has 10 heavy (non-hydrogen) atoms. The number of hydrogen-bond acceptors (Lipinski definition) is 1. The standard InChI is InChI=1S/C9H19O/c1-5-9(4,6-2)8-10-7-3/h4-8H2,1-3H3. The molecule has 1 radical (unpaired) electrons. The van der Waals surface area contributed by atoms with E-state index in [0.717, 1.165) is 26.1 Å². The minimum Gasteiger partial charge on any atom is -0.381 e. The molecule has 0 aliphatic rings. The van der Waals surface area contributed by atoms with Crippen molar-refractivity contribution in [1.29, 1.82) is 0 Å². The minimum absolute atomic E-state index is 0.163. The fourth-order valence-electron chi connectivity index (χ4n) is 0.773. The first-order valence-electron chi connectivity index (χ1n) is 4.11. The normalized spacial score (nSPS) is 12.0. The third-order valence-corrected chi connectivity index (χ3v) is 2.11. The van der Waals surface area contributed by atoms with Crippen molar-refractivity contribution < 1.29 is 4.74 Å². The third-order valence-electron chi connectivity index (χ3n) is 2.11. The molecule has 61 valence electrons. The highest BCUT2D eigenvalue weighted by molar-refractivity contribution is 4.78. The van der Waals surface area contributed by atoms with Crippen LogP contribution in [0.3, 0.4) is 0 Å². The van der Waals surface area contributed by atoms with E-state index in [0.29, 0.717) is 0 Å². The molecule has 0 N–H and O–H groups in total. The van der Waals surface area contributed by atoms with Crippen molar-refractivity contribution in [3.05, 3.63) is 6.92 Å². The van der Waals surface area contributed by atoms with Crippen molar-refractivity contribution in [3.8, 4) is 0 Å². The molecule has 1 nitrogen and oxygen atoms in total. The second-order valence-corrected chi connectivity index (χ2v) is 2.84. The molecular weight excluding hydrogens is 124 g/mol. The summed E-state index contributed by atoms with van der Waals surface area (Å²) >= 11 is 0. The van der Waals surface area contributed by atoms with E-state index < -0.39 is 0 Å².